The Hall–Kier alpha value is -0.456. The summed E-state index contributed by atoms with van der Waals surface area (Å²) in [5, 5.41) is 0. The molecule has 1 saturated carbocycles. The van der Waals surface area contributed by atoms with Crippen LogP contribution in [0.2, 0.25) is 0 Å². The van der Waals surface area contributed by atoms with Gasteiger partial charge in [0.25, 0.3) is 0 Å². The molecule has 1 fully saturated rings. The van der Waals surface area contributed by atoms with Gasteiger partial charge in [-0.2, -0.15) is 35.9 Å². The van der Waals surface area contributed by atoms with Crippen molar-refractivity contribution in [2.24, 2.45) is 5.92 Å². The van der Waals surface area contributed by atoms with Crippen molar-refractivity contribution >= 4 is 0 Å². The summed E-state index contributed by atoms with van der Waals surface area (Å²) in [7, 11) is 0. The molecule has 125 valence electrons. The molecule has 3 rings (SSSR count). The molecule has 1 aliphatic rings. The Bertz CT molecular complexity index is 565. The van der Waals surface area contributed by atoms with Crippen LogP contribution in [-0.2, 0) is 45.6 Å². The van der Waals surface area contributed by atoms with E-state index < -0.39 is 0 Å². The Balaban J connectivity index is 0.00000208. The number of rotatable bonds is 6. The van der Waals surface area contributed by atoms with Crippen molar-refractivity contribution in [2.75, 3.05) is 0 Å². The van der Waals surface area contributed by atoms with Gasteiger partial charge in [-0.05, 0) is 48.6 Å². The fraction of sp³-hybridized carbons (Fsp3) is 0.478. The van der Waals surface area contributed by atoms with Gasteiger partial charge in [0, 0.05) is 32.7 Å². The maximum Gasteiger partial charge on any atom is 0 e. The van der Waals surface area contributed by atoms with Crippen molar-refractivity contribution in [3.8, 4) is 0 Å². The van der Waals surface area contributed by atoms with Crippen molar-refractivity contribution in [3.63, 3.8) is 0 Å². The van der Waals surface area contributed by atoms with Crippen molar-refractivity contribution in [1.29, 1.82) is 0 Å². The molecule has 1 aliphatic carbocycles. The molecule has 2 aromatic carbocycles. The van der Waals surface area contributed by atoms with Crippen molar-refractivity contribution in [2.45, 2.75) is 64.2 Å². The molecule has 0 bridgehead atoms. The zero-order valence-corrected chi connectivity index (χ0v) is 17.8. The number of hydrogen-bond donors (Lipinski definition) is 0. The SMILES string of the molecule is CC1CCC(c2ccc(CCCCc3cc[c-]cc3)cc2)CC1.[Y]. The first-order valence-corrected chi connectivity index (χ1v) is 9.35. The minimum atomic E-state index is 0. The summed E-state index contributed by atoms with van der Waals surface area (Å²) in [6.45, 7) is 2.40. The van der Waals surface area contributed by atoms with E-state index in [0.717, 1.165) is 11.8 Å². The first-order chi connectivity index (χ1) is 11.3. The van der Waals surface area contributed by atoms with Crippen LogP contribution in [0.15, 0.2) is 48.5 Å². The van der Waals surface area contributed by atoms with Gasteiger partial charge in [-0.1, -0.05) is 56.9 Å². The van der Waals surface area contributed by atoms with Gasteiger partial charge >= 0.3 is 0 Å². The molecule has 2 aromatic rings. The summed E-state index contributed by atoms with van der Waals surface area (Å²) in [5.74, 6) is 1.75. The summed E-state index contributed by atoms with van der Waals surface area (Å²) in [6.07, 6.45) is 10.5. The molecule has 0 unspecified atom stereocenters. The third kappa shape index (κ3) is 6.12. The van der Waals surface area contributed by atoms with E-state index in [0.29, 0.717) is 0 Å². The monoisotopic (exact) mass is 394 g/mol. The van der Waals surface area contributed by atoms with E-state index in [1.54, 1.807) is 5.56 Å². The standard InChI is InChI=1S/C23H29.Y/c1-19-11-15-22(16-12-19)23-17-13-21(14-18-23)10-6-5-9-20-7-3-2-4-8-20;/h3-4,7-8,13-14,17-19,22H,5-6,9-12,15-16H2,1H3;/q-1;. The molecule has 1 heteroatoms. The van der Waals surface area contributed by atoms with Crippen molar-refractivity contribution in [3.05, 3.63) is 71.3 Å². The van der Waals surface area contributed by atoms with Gasteiger partial charge < -0.3 is 0 Å². The third-order valence-electron chi connectivity index (χ3n) is 5.44. The molecule has 24 heavy (non-hydrogen) atoms. The molecule has 0 saturated heterocycles. The number of unbranched alkanes of at least 4 members (excludes halogenated alkanes) is 1. The summed E-state index contributed by atoms with van der Waals surface area (Å²) in [4.78, 5) is 0. The first-order valence-electron chi connectivity index (χ1n) is 9.35. The summed E-state index contributed by atoms with van der Waals surface area (Å²) in [6, 6.07) is 21.0. The normalized spacial score (nSPS) is 20.4. The van der Waals surface area contributed by atoms with E-state index in [4.69, 9.17) is 0 Å². The second-order valence-corrected chi connectivity index (χ2v) is 7.31. The van der Waals surface area contributed by atoms with Crippen LogP contribution in [-0.4, -0.2) is 0 Å². The smallest absolute Gasteiger partial charge is 0 e. The zero-order valence-electron chi connectivity index (χ0n) is 15.0. The molecule has 0 aliphatic heterocycles. The molecular formula is C23H29Y-. The molecular weight excluding hydrogens is 365 g/mol. The van der Waals surface area contributed by atoms with E-state index in [2.05, 4.69) is 49.4 Å². The molecule has 0 heterocycles. The molecule has 0 aromatic heterocycles. The molecule has 0 amide bonds. The second-order valence-electron chi connectivity index (χ2n) is 7.31. The van der Waals surface area contributed by atoms with Crippen molar-refractivity contribution in [1.82, 2.24) is 0 Å². The van der Waals surface area contributed by atoms with Crippen LogP contribution in [0.1, 0.15) is 68.1 Å². The summed E-state index contributed by atoms with van der Waals surface area (Å²) in [5.41, 5.74) is 4.51. The Morgan fingerprint density at radius 2 is 1.33 bits per heavy atom. The Morgan fingerprint density at radius 1 is 0.792 bits per heavy atom. The fourth-order valence-electron chi connectivity index (χ4n) is 3.80. The van der Waals surface area contributed by atoms with Gasteiger partial charge in [0.05, 0.1) is 0 Å². The summed E-state index contributed by atoms with van der Waals surface area (Å²) >= 11 is 0. The van der Waals surface area contributed by atoms with Crippen LogP contribution in [0.4, 0.5) is 0 Å². The molecule has 1 radical (unpaired) electrons. The van der Waals surface area contributed by atoms with Crippen LogP contribution in [0.5, 0.6) is 0 Å². The number of hydrogen-bond acceptors (Lipinski definition) is 0. The molecule has 0 nitrogen and oxygen atoms in total. The van der Waals surface area contributed by atoms with E-state index in [9.17, 15) is 0 Å². The van der Waals surface area contributed by atoms with E-state index in [-0.39, 0.29) is 32.7 Å². The van der Waals surface area contributed by atoms with Gasteiger partial charge in [0.15, 0.2) is 0 Å². The van der Waals surface area contributed by atoms with Crippen LogP contribution in [0.25, 0.3) is 0 Å². The van der Waals surface area contributed by atoms with E-state index in [1.807, 2.05) is 12.1 Å². The average molecular weight is 394 g/mol. The quantitative estimate of drug-likeness (QED) is 0.396. The molecule has 0 atom stereocenters. The Kier molecular flexibility index (Phi) is 8.70. The Morgan fingerprint density at radius 3 is 1.92 bits per heavy atom. The van der Waals surface area contributed by atoms with E-state index >= 15 is 0 Å². The van der Waals surface area contributed by atoms with E-state index in [1.165, 1.54) is 62.5 Å². The third-order valence-corrected chi connectivity index (χ3v) is 5.44. The minimum Gasteiger partial charge on any atom is -0.184 e. The van der Waals surface area contributed by atoms with Crippen molar-refractivity contribution < 1.29 is 32.7 Å². The fourth-order valence-corrected chi connectivity index (χ4v) is 3.80. The van der Waals surface area contributed by atoms with Gasteiger partial charge in [-0.15, -0.1) is 0 Å². The van der Waals surface area contributed by atoms with Gasteiger partial charge in [-0.3, -0.25) is 0 Å². The first kappa shape index (κ1) is 19.9. The predicted octanol–water partition coefficient (Wildman–Crippen LogP) is 6.34. The van der Waals surface area contributed by atoms with Gasteiger partial charge in [0.2, 0.25) is 0 Å². The topological polar surface area (TPSA) is 0 Å². The number of aryl methyl sites for hydroxylation is 2. The maximum absolute atomic E-state index is 3.08. The van der Waals surface area contributed by atoms with Gasteiger partial charge in [-0.25, -0.2) is 0 Å². The van der Waals surface area contributed by atoms with Gasteiger partial charge in [0.1, 0.15) is 0 Å². The van der Waals surface area contributed by atoms with Crippen LogP contribution >= 0.6 is 0 Å². The average Bonchev–Trinajstić information content (AvgIpc) is 2.61. The minimum absolute atomic E-state index is 0. The zero-order chi connectivity index (χ0) is 15.9. The Labute approximate surface area is 173 Å². The van der Waals surface area contributed by atoms with Crippen LogP contribution in [0, 0.1) is 12.0 Å². The largest absolute Gasteiger partial charge is 0.184 e. The molecule has 0 spiro atoms. The maximum atomic E-state index is 3.08. The second kappa shape index (κ2) is 10.5. The summed E-state index contributed by atoms with van der Waals surface area (Å²) < 4.78 is 0. The predicted molar refractivity (Wildman–Crippen MR) is 98.7 cm³/mol. The molecule has 0 N–H and O–H groups in total. The van der Waals surface area contributed by atoms with Crippen LogP contribution < -0.4 is 0 Å². The number of benzene rings is 2. The van der Waals surface area contributed by atoms with Crippen LogP contribution in [0.3, 0.4) is 0 Å².